The molecule has 2 fully saturated rings. The van der Waals surface area contributed by atoms with Crippen LogP contribution in [0.2, 0.25) is 0 Å². The van der Waals surface area contributed by atoms with Crippen LogP contribution < -0.4 is 4.74 Å². The molecule has 198 valence electrons. The van der Waals surface area contributed by atoms with Gasteiger partial charge in [-0.2, -0.15) is 4.39 Å². The van der Waals surface area contributed by atoms with Crippen LogP contribution in [0.15, 0.2) is 18.2 Å². The lowest BCUT2D eigenvalue weighted by molar-refractivity contribution is -0.138. The number of hydrogen-bond donors (Lipinski definition) is 2. The first-order valence-electron chi connectivity index (χ1n) is 12.3. The monoisotopic (exact) mass is 498 g/mol. The van der Waals surface area contributed by atoms with Gasteiger partial charge in [-0.1, -0.05) is 26.8 Å². The summed E-state index contributed by atoms with van der Waals surface area (Å²) >= 11 is 0. The molecule has 1 aromatic carbocycles. The van der Waals surface area contributed by atoms with Crippen molar-refractivity contribution in [2.45, 2.75) is 57.7 Å². The normalized spacial score (nSPS) is 28.6. The van der Waals surface area contributed by atoms with E-state index in [0.29, 0.717) is 38.4 Å². The van der Waals surface area contributed by atoms with E-state index in [2.05, 4.69) is 20.8 Å². The fourth-order valence-corrected chi connectivity index (χ4v) is 5.30. The summed E-state index contributed by atoms with van der Waals surface area (Å²) in [6.45, 7) is 7.43. The van der Waals surface area contributed by atoms with Crippen molar-refractivity contribution >= 4 is 5.91 Å². The van der Waals surface area contributed by atoms with Gasteiger partial charge in [0.1, 0.15) is 18.8 Å². The molecule has 1 atom stereocenters. The molecule has 1 amide bonds. The van der Waals surface area contributed by atoms with Gasteiger partial charge >= 0.3 is 0 Å². The molecule has 0 unspecified atom stereocenters. The number of benzene rings is 1. The number of aliphatic hydroxyl groups is 2. The van der Waals surface area contributed by atoms with E-state index in [9.17, 15) is 23.8 Å². The highest BCUT2D eigenvalue weighted by Gasteiger charge is 2.42. The molecular weight excluding hydrogens is 458 g/mol. The Morgan fingerprint density at radius 2 is 1.80 bits per heavy atom. The van der Waals surface area contributed by atoms with Crippen LogP contribution in [0.3, 0.4) is 0 Å². The molecule has 3 rings (SSSR count). The zero-order valence-electron chi connectivity index (χ0n) is 21.4. The Morgan fingerprint density at radius 3 is 2.43 bits per heavy atom. The summed E-state index contributed by atoms with van der Waals surface area (Å²) in [5.74, 6) is -2.21. The summed E-state index contributed by atoms with van der Waals surface area (Å²) in [6, 6.07) is 3.61. The van der Waals surface area contributed by atoms with Gasteiger partial charge in [0, 0.05) is 33.3 Å². The van der Waals surface area contributed by atoms with Crippen molar-refractivity contribution in [2.75, 3.05) is 53.0 Å². The third-order valence-corrected chi connectivity index (χ3v) is 7.38. The molecule has 1 saturated carbocycles. The van der Waals surface area contributed by atoms with Crippen LogP contribution in [-0.2, 0) is 9.53 Å². The van der Waals surface area contributed by atoms with Crippen molar-refractivity contribution in [3.8, 4) is 5.75 Å². The van der Waals surface area contributed by atoms with E-state index in [1.807, 2.05) is 4.90 Å². The van der Waals surface area contributed by atoms with Gasteiger partial charge in [-0.3, -0.25) is 9.69 Å². The van der Waals surface area contributed by atoms with Crippen LogP contribution in [0, 0.1) is 23.0 Å². The van der Waals surface area contributed by atoms with E-state index >= 15 is 0 Å². The molecule has 2 N–H and O–H groups in total. The smallest absolute Gasteiger partial charge is 0.248 e. The molecule has 1 aliphatic heterocycles. The molecule has 0 spiro atoms. The average molecular weight is 499 g/mol. The first-order chi connectivity index (χ1) is 16.3. The summed E-state index contributed by atoms with van der Waals surface area (Å²) in [7, 11) is 1.42. The molecule has 1 heterocycles. The molecule has 0 aromatic heterocycles. The van der Waals surface area contributed by atoms with E-state index in [1.165, 1.54) is 24.1 Å². The summed E-state index contributed by atoms with van der Waals surface area (Å²) < 4.78 is 38.2. The molecule has 0 bridgehead atoms. The van der Waals surface area contributed by atoms with Gasteiger partial charge in [-0.05, 0) is 49.1 Å². The Balaban J connectivity index is 1.73. The van der Waals surface area contributed by atoms with Crippen LogP contribution in [0.5, 0.6) is 5.75 Å². The molecular formula is C26H40F2N2O5. The number of methoxy groups -OCH3 is 1. The van der Waals surface area contributed by atoms with Gasteiger partial charge in [-0.25, -0.2) is 4.39 Å². The van der Waals surface area contributed by atoms with Crippen molar-refractivity contribution in [1.29, 1.82) is 0 Å². The Hall–Kier alpha value is -1.81. The lowest BCUT2D eigenvalue weighted by atomic mass is 9.68. The molecule has 1 aliphatic carbocycles. The second kappa shape index (κ2) is 11.1. The highest BCUT2D eigenvalue weighted by atomic mass is 19.2. The lowest BCUT2D eigenvalue weighted by Gasteiger charge is -2.43. The fraction of sp³-hybridized carbons (Fsp3) is 0.731. The zero-order chi connectivity index (χ0) is 25.9. The maximum atomic E-state index is 14.1. The number of rotatable bonds is 7. The number of hydrogen-bond acceptors (Lipinski definition) is 6. The maximum absolute atomic E-state index is 14.1. The van der Waals surface area contributed by atoms with Crippen LogP contribution in [-0.4, -0.2) is 90.2 Å². The van der Waals surface area contributed by atoms with Gasteiger partial charge in [0.25, 0.3) is 0 Å². The number of carbonyl (C=O) groups excluding carboxylic acids is 1. The SMILES string of the molecule is COCC(=O)N1CCN(CC2(O)CCC(C(C)(C)C)CC2)C[C@](O)(COc2cccc(F)c2F)C1. The van der Waals surface area contributed by atoms with Crippen LogP contribution >= 0.6 is 0 Å². The fourth-order valence-electron chi connectivity index (χ4n) is 5.30. The quantitative estimate of drug-likeness (QED) is 0.602. The number of β-amino-alcohol motifs (C(OH)–C–C–N with tert-alkyl or cyclic N) is 2. The van der Waals surface area contributed by atoms with Crippen molar-refractivity contribution in [3.63, 3.8) is 0 Å². The lowest BCUT2D eigenvalue weighted by Crippen LogP contribution is -2.54. The molecule has 1 aromatic rings. The van der Waals surface area contributed by atoms with Crippen LogP contribution in [0.1, 0.15) is 46.5 Å². The topological polar surface area (TPSA) is 82.5 Å². The number of carbonyl (C=O) groups is 1. The number of halogens is 2. The summed E-state index contributed by atoms with van der Waals surface area (Å²) in [6.07, 6.45) is 3.19. The minimum atomic E-state index is -1.56. The summed E-state index contributed by atoms with van der Waals surface area (Å²) in [5, 5.41) is 22.9. The Bertz CT molecular complexity index is 870. The highest BCUT2D eigenvalue weighted by molar-refractivity contribution is 5.77. The molecule has 9 heteroatoms. The maximum Gasteiger partial charge on any atom is 0.248 e. The van der Waals surface area contributed by atoms with Crippen molar-refractivity contribution < 1.29 is 33.3 Å². The number of ether oxygens (including phenoxy) is 2. The Morgan fingerprint density at radius 1 is 1.11 bits per heavy atom. The molecule has 1 saturated heterocycles. The highest BCUT2D eigenvalue weighted by Crippen LogP contribution is 2.41. The number of nitrogens with zero attached hydrogens (tertiary/aromatic N) is 2. The predicted octanol–water partition coefficient (Wildman–Crippen LogP) is 2.83. The van der Waals surface area contributed by atoms with Gasteiger partial charge in [0.15, 0.2) is 11.6 Å². The van der Waals surface area contributed by atoms with E-state index < -0.39 is 22.8 Å². The minimum Gasteiger partial charge on any atom is -0.487 e. The van der Waals surface area contributed by atoms with Crippen molar-refractivity contribution in [2.24, 2.45) is 11.3 Å². The number of amides is 1. The van der Waals surface area contributed by atoms with Gasteiger partial charge < -0.3 is 24.6 Å². The van der Waals surface area contributed by atoms with Gasteiger partial charge in [0.2, 0.25) is 11.7 Å². The average Bonchev–Trinajstić information content (AvgIpc) is 2.93. The Kier molecular flexibility index (Phi) is 8.78. The molecule has 7 nitrogen and oxygen atoms in total. The first kappa shape index (κ1) is 27.8. The summed E-state index contributed by atoms with van der Waals surface area (Å²) in [5.41, 5.74) is -2.25. The van der Waals surface area contributed by atoms with E-state index in [-0.39, 0.29) is 43.4 Å². The van der Waals surface area contributed by atoms with Crippen LogP contribution in [0.25, 0.3) is 0 Å². The third-order valence-electron chi connectivity index (χ3n) is 7.38. The summed E-state index contributed by atoms with van der Waals surface area (Å²) in [4.78, 5) is 16.0. The Labute approximate surface area is 207 Å². The molecule has 35 heavy (non-hydrogen) atoms. The molecule has 0 radical (unpaired) electrons. The second-order valence-electron chi connectivity index (χ2n) is 11.4. The zero-order valence-corrected chi connectivity index (χ0v) is 21.4. The van der Waals surface area contributed by atoms with Crippen LogP contribution in [0.4, 0.5) is 8.78 Å². The van der Waals surface area contributed by atoms with Gasteiger partial charge in [0.05, 0.1) is 12.1 Å². The largest absolute Gasteiger partial charge is 0.487 e. The van der Waals surface area contributed by atoms with E-state index in [1.54, 1.807) is 0 Å². The van der Waals surface area contributed by atoms with E-state index in [0.717, 1.165) is 18.9 Å². The van der Waals surface area contributed by atoms with E-state index in [4.69, 9.17) is 9.47 Å². The van der Waals surface area contributed by atoms with Crippen molar-refractivity contribution in [1.82, 2.24) is 9.80 Å². The second-order valence-corrected chi connectivity index (χ2v) is 11.4. The van der Waals surface area contributed by atoms with Gasteiger partial charge in [-0.15, -0.1) is 0 Å². The standard InChI is InChI=1S/C26H40F2N2O5/c1-24(2,3)19-8-10-25(32,11-9-19)15-29-12-13-30(22(31)14-34-4)17-26(33,16-29)18-35-21-7-5-6-20(27)23(21)28/h5-7,19,32-33H,8-18H2,1-4H3/t19?,25?,26-/m1/s1. The predicted molar refractivity (Wildman–Crippen MR) is 128 cm³/mol. The van der Waals surface area contributed by atoms with Crippen molar-refractivity contribution in [3.05, 3.63) is 29.8 Å². The minimum absolute atomic E-state index is 0.0485. The molecule has 2 aliphatic rings. The first-order valence-corrected chi connectivity index (χ1v) is 12.3. The third kappa shape index (κ3) is 7.35.